The first-order valence-corrected chi connectivity index (χ1v) is 8.74. The summed E-state index contributed by atoms with van der Waals surface area (Å²) in [6, 6.07) is 7.21. The Morgan fingerprint density at radius 3 is 2.80 bits per heavy atom. The first kappa shape index (κ1) is 17.5. The highest BCUT2D eigenvalue weighted by Crippen LogP contribution is 2.21. The summed E-state index contributed by atoms with van der Waals surface area (Å²) in [4.78, 5) is 22.3. The Labute approximate surface area is 147 Å². The minimum absolute atomic E-state index is 0.0660. The molecule has 1 aromatic carbocycles. The van der Waals surface area contributed by atoms with Gasteiger partial charge in [-0.3, -0.25) is 9.78 Å². The zero-order chi connectivity index (χ0) is 17.6. The second kappa shape index (κ2) is 8.16. The number of piperidine rings is 1. The van der Waals surface area contributed by atoms with Gasteiger partial charge in [0.2, 0.25) is 0 Å². The van der Waals surface area contributed by atoms with Crippen molar-refractivity contribution in [2.24, 2.45) is 0 Å². The predicted octanol–water partition coefficient (Wildman–Crippen LogP) is 2.96. The Kier molecular flexibility index (Phi) is 5.71. The van der Waals surface area contributed by atoms with Crippen LogP contribution in [0.5, 0.6) is 0 Å². The molecule has 1 saturated heterocycles. The molecule has 1 unspecified atom stereocenters. The Morgan fingerprint density at radius 1 is 1.36 bits per heavy atom. The summed E-state index contributed by atoms with van der Waals surface area (Å²) in [5.74, 6) is -0.272. The van der Waals surface area contributed by atoms with Gasteiger partial charge in [0.15, 0.2) is 0 Å². The fourth-order valence-corrected chi connectivity index (χ4v) is 3.28. The first-order valence-electron chi connectivity index (χ1n) is 8.74. The van der Waals surface area contributed by atoms with Crippen molar-refractivity contribution in [2.75, 3.05) is 13.1 Å². The molecule has 1 atom stereocenters. The summed E-state index contributed by atoms with van der Waals surface area (Å²) in [7, 11) is 0. The number of hydrogen-bond acceptors (Lipinski definition) is 4. The standard InChI is InChI=1S/C19H23FN4O/c1-2-17(14-4-3-5-15(20)12-14)23-16-6-10-24(11-7-16)19(25)18-13-21-8-9-22-18/h3-5,8-9,12-13,16-17,23H,2,6-7,10-11H2,1H3. The predicted molar refractivity (Wildman–Crippen MR) is 93.5 cm³/mol. The molecule has 3 rings (SSSR count). The van der Waals surface area contributed by atoms with Crippen LogP contribution in [0.2, 0.25) is 0 Å². The van der Waals surface area contributed by atoms with Crippen LogP contribution in [0.15, 0.2) is 42.9 Å². The van der Waals surface area contributed by atoms with Crippen LogP contribution in [-0.2, 0) is 0 Å². The fraction of sp³-hybridized carbons (Fsp3) is 0.421. The minimum atomic E-state index is -0.206. The van der Waals surface area contributed by atoms with Crippen LogP contribution in [0.3, 0.4) is 0 Å². The molecule has 2 heterocycles. The van der Waals surface area contributed by atoms with Gasteiger partial charge in [-0.1, -0.05) is 19.1 Å². The summed E-state index contributed by atoms with van der Waals surface area (Å²) < 4.78 is 13.5. The molecule has 2 aromatic rings. The molecule has 1 aromatic heterocycles. The maximum Gasteiger partial charge on any atom is 0.274 e. The molecule has 0 aliphatic carbocycles. The van der Waals surface area contributed by atoms with E-state index in [2.05, 4.69) is 22.2 Å². The highest BCUT2D eigenvalue weighted by atomic mass is 19.1. The van der Waals surface area contributed by atoms with Crippen molar-refractivity contribution in [3.8, 4) is 0 Å². The molecular formula is C19H23FN4O. The van der Waals surface area contributed by atoms with Gasteiger partial charge in [0.05, 0.1) is 6.20 Å². The number of aromatic nitrogens is 2. The quantitative estimate of drug-likeness (QED) is 0.908. The molecule has 1 aliphatic rings. The zero-order valence-electron chi connectivity index (χ0n) is 14.4. The molecule has 0 saturated carbocycles. The molecule has 1 aliphatic heterocycles. The highest BCUT2D eigenvalue weighted by Gasteiger charge is 2.25. The molecule has 0 bridgehead atoms. The van der Waals surface area contributed by atoms with Gasteiger partial charge in [-0.05, 0) is 37.0 Å². The third-order valence-electron chi connectivity index (χ3n) is 4.66. The lowest BCUT2D eigenvalue weighted by atomic mass is 9.99. The largest absolute Gasteiger partial charge is 0.337 e. The lowest BCUT2D eigenvalue weighted by Gasteiger charge is -2.34. The number of amides is 1. The lowest BCUT2D eigenvalue weighted by Crippen LogP contribution is -2.46. The number of hydrogen-bond donors (Lipinski definition) is 1. The lowest BCUT2D eigenvalue weighted by molar-refractivity contribution is 0.0695. The smallest absolute Gasteiger partial charge is 0.274 e. The van der Waals surface area contributed by atoms with Gasteiger partial charge in [0, 0.05) is 37.6 Å². The van der Waals surface area contributed by atoms with E-state index < -0.39 is 0 Å². The third kappa shape index (κ3) is 4.39. The van der Waals surface area contributed by atoms with Crippen molar-refractivity contribution < 1.29 is 9.18 Å². The van der Waals surface area contributed by atoms with Gasteiger partial charge in [-0.2, -0.15) is 0 Å². The number of carbonyl (C=O) groups is 1. The molecule has 25 heavy (non-hydrogen) atoms. The Hall–Kier alpha value is -2.34. The molecule has 1 N–H and O–H groups in total. The van der Waals surface area contributed by atoms with Crippen LogP contribution < -0.4 is 5.32 Å². The van der Waals surface area contributed by atoms with Gasteiger partial charge in [-0.25, -0.2) is 9.37 Å². The van der Waals surface area contributed by atoms with Crippen molar-refractivity contribution in [1.29, 1.82) is 0 Å². The van der Waals surface area contributed by atoms with Crippen LogP contribution in [0.25, 0.3) is 0 Å². The van der Waals surface area contributed by atoms with E-state index in [1.807, 2.05) is 11.0 Å². The van der Waals surface area contributed by atoms with E-state index in [1.54, 1.807) is 18.3 Å². The number of halogens is 1. The van der Waals surface area contributed by atoms with Crippen molar-refractivity contribution in [3.63, 3.8) is 0 Å². The Morgan fingerprint density at radius 2 is 2.16 bits per heavy atom. The minimum Gasteiger partial charge on any atom is -0.337 e. The molecule has 1 fully saturated rings. The van der Waals surface area contributed by atoms with E-state index in [4.69, 9.17) is 0 Å². The maximum absolute atomic E-state index is 13.5. The van der Waals surface area contributed by atoms with Crippen LogP contribution in [0.4, 0.5) is 4.39 Å². The van der Waals surface area contributed by atoms with Gasteiger partial charge in [0.1, 0.15) is 11.5 Å². The second-order valence-corrected chi connectivity index (χ2v) is 6.34. The number of rotatable bonds is 5. The van der Waals surface area contributed by atoms with Crippen LogP contribution in [0, 0.1) is 5.82 Å². The number of benzene rings is 1. The first-order chi connectivity index (χ1) is 12.2. The molecule has 1 amide bonds. The number of nitrogens with zero attached hydrogens (tertiary/aromatic N) is 3. The van der Waals surface area contributed by atoms with E-state index in [9.17, 15) is 9.18 Å². The van der Waals surface area contributed by atoms with E-state index in [1.165, 1.54) is 18.5 Å². The van der Waals surface area contributed by atoms with Gasteiger partial charge in [0.25, 0.3) is 5.91 Å². The average Bonchev–Trinajstić information content (AvgIpc) is 2.66. The van der Waals surface area contributed by atoms with Gasteiger partial charge >= 0.3 is 0 Å². The Bertz CT molecular complexity index is 702. The van der Waals surface area contributed by atoms with Crippen LogP contribution >= 0.6 is 0 Å². The molecule has 5 nitrogen and oxygen atoms in total. The van der Waals surface area contributed by atoms with Crippen LogP contribution in [0.1, 0.15) is 48.3 Å². The third-order valence-corrected chi connectivity index (χ3v) is 4.66. The van der Waals surface area contributed by atoms with E-state index in [-0.39, 0.29) is 17.8 Å². The Balaban J connectivity index is 1.56. The summed E-state index contributed by atoms with van der Waals surface area (Å²) in [6.45, 7) is 3.47. The monoisotopic (exact) mass is 342 g/mol. The summed E-state index contributed by atoms with van der Waals surface area (Å²) in [6.07, 6.45) is 7.23. The number of carbonyl (C=O) groups excluding carboxylic acids is 1. The molecular weight excluding hydrogens is 319 g/mol. The molecule has 0 spiro atoms. The molecule has 0 radical (unpaired) electrons. The fourth-order valence-electron chi connectivity index (χ4n) is 3.28. The van der Waals surface area contributed by atoms with Crippen LogP contribution in [-0.4, -0.2) is 39.9 Å². The number of likely N-dealkylation sites (tertiary alicyclic amines) is 1. The SMILES string of the molecule is CCC(NC1CCN(C(=O)c2cnccn2)CC1)c1cccc(F)c1. The zero-order valence-corrected chi connectivity index (χ0v) is 14.4. The summed E-state index contributed by atoms with van der Waals surface area (Å²) in [5.41, 5.74) is 1.36. The van der Waals surface area contributed by atoms with E-state index >= 15 is 0 Å². The van der Waals surface area contributed by atoms with Crippen molar-refractivity contribution in [3.05, 3.63) is 59.9 Å². The maximum atomic E-state index is 13.5. The topological polar surface area (TPSA) is 58.1 Å². The van der Waals surface area contributed by atoms with E-state index in [0.717, 1.165) is 24.8 Å². The highest BCUT2D eigenvalue weighted by molar-refractivity contribution is 5.92. The molecule has 6 heteroatoms. The van der Waals surface area contributed by atoms with Crippen molar-refractivity contribution >= 4 is 5.91 Å². The summed E-state index contributed by atoms with van der Waals surface area (Å²) >= 11 is 0. The van der Waals surface area contributed by atoms with Gasteiger partial charge in [-0.15, -0.1) is 0 Å². The normalized spacial score (nSPS) is 16.6. The molecule has 132 valence electrons. The summed E-state index contributed by atoms with van der Waals surface area (Å²) in [5, 5.41) is 3.62. The van der Waals surface area contributed by atoms with Crippen molar-refractivity contribution in [1.82, 2.24) is 20.2 Å². The van der Waals surface area contributed by atoms with Crippen molar-refractivity contribution in [2.45, 2.75) is 38.3 Å². The van der Waals surface area contributed by atoms with Gasteiger partial charge < -0.3 is 10.2 Å². The van der Waals surface area contributed by atoms with E-state index in [0.29, 0.717) is 24.8 Å². The average molecular weight is 342 g/mol. The second-order valence-electron chi connectivity index (χ2n) is 6.34. The number of nitrogens with one attached hydrogen (secondary N) is 1.